The van der Waals surface area contributed by atoms with Crippen LogP contribution in [0.1, 0.15) is 0 Å². The van der Waals surface area contributed by atoms with E-state index < -0.39 is 0 Å². The summed E-state index contributed by atoms with van der Waals surface area (Å²) in [6.45, 7) is 0. The monoisotopic (exact) mass is 1740 g/mol. The van der Waals surface area contributed by atoms with Crippen LogP contribution in [0.15, 0.2) is 494 Å². The summed E-state index contributed by atoms with van der Waals surface area (Å²) in [6, 6.07) is 171. The van der Waals surface area contributed by atoms with E-state index in [1.54, 1.807) is 0 Å². The van der Waals surface area contributed by atoms with E-state index in [0.29, 0.717) is 34.9 Å². The summed E-state index contributed by atoms with van der Waals surface area (Å²) in [6.07, 6.45) is 0. The molecule has 136 heavy (non-hydrogen) atoms. The van der Waals surface area contributed by atoms with Crippen LogP contribution in [0.2, 0.25) is 0 Å². The average molecular weight is 1740 g/mol. The number of hydrogen-bond acceptors (Lipinski definition) is 8. The Morgan fingerprint density at radius 3 is 0.853 bits per heavy atom. The van der Waals surface area contributed by atoms with E-state index in [2.05, 4.69) is 422 Å². The Bertz CT molecular complexity index is 8810. The summed E-state index contributed by atoms with van der Waals surface area (Å²) >= 11 is 0. The number of furan rings is 2. The van der Waals surface area contributed by atoms with Gasteiger partial charge < -0.3 is 18.0 Å². The lowest BCUT2D eigenvalue weighted by Gasteiger charge is -2.16. The van der Waals surface area contributed by atoms with Gasteiger partial charge in [0.25, 0.3) is 0 Å². The molecular formula is C126H80N8O2. The minimum absolute atomic E-state index is 0.577. The molecule has 636 valence electrons. The lowest BCUT2D eigenvalue weighted by atomic mass is 9.89. The average Bonchev–Trinajstić information content (AvgIpc) is 1.56. The van der Waals surface area contributed by atoms with E-state index in [0.717, 1.165) is 210 Å². The van der Waals surface area contributed by atoms with Crippen LogP contribution in [0.3, 0.4) is 0 Å². The van der Waals surface area contributed by atoms with Crippen LogP contribution in [0.5, 0.6) is 0 Å². The molecule has 0 bridgehead atoms. The van der Waals surface area contributed by atoms with E-state index in [9.17, 15) is 0 Å². The lowest BCUT2D eigenvalue weighted by Crippen LogP contribution is -2.01. The van der Waals surface area contributed by atoms with Gasteiger partial charge in [-0.25, -0.2) is 29.9 Å². The summed E-state index contributed by atoms with van der Waals surface area (Å²) in [5.41, 5.74) is 33.0. The van der Waals surface area contributed by atoms with Gasteiger partial charge in [-0.1, -0.05) is 358 Å². The van der Waals surface area contributed by atoms with Crippen molar-refractivity contribution in [2.75, 3.05) is 0 Å². The molecule has 0 N–H and O–H groups in total. The number of nitrogens with zero attached hydrogens (tertiary/aromatic N) is 8. The zero-order valence-electron chi connectivity index (χ0n) is 73.6. The summed E-state index contributed by atoms with van der Waals surface area (Å²) in [5.74, 6) is 3.59. The van der Waals surface area contributed by atoms with Gasteiger partial charge in [0.15, 0.2) is 34.9 Å². The largest absolute Gasteiger partial charge is 0.456 e. The maximum absolute atomic E-state index is 6.84. The summed E-state index contributed by atoms with van der Waals surface area (Å²) in [5, 5.41) is 8.81. The fourth-order valence-electron chi connectivity index (χ4n) is 19.6. The molecular weight excluding hydrogens is 1660 g/mol. The number of rotatable bonds is 16. The van der Waals surface area contributed by atoms with Crippen LogP contribution in [-0.2, 0) is 0 Å². The number of benzene rings is 20. The molecule has 10 heteroatoms. The Labute approximate surface area is 784 Å². The standard InChI is InChI=1S/2C63H40N4O/c1-6-19-41(20-7-1)46-35-47(42-21-8-2-9-22-42)37-48(36-46)45-33-34-50(54(38-45)63-65-61(43-23-10-3-11-24-43)64-62(66-63)44-25-12-4-13-26-44)52-30-18-32-58-60(52)55-39-57-53(40-59(55)68-58)51-29-16-17-31-56(51)67(57)49-27-14-5-15-28-49;1-6-18-41(19-7-1)47-34-48(42-20-8-2-9-21-42)36-49(35-47)45-30-32-51(56(37-45)63-65-61(43-22-10-3-11-23-43)64-62(66-63)44-24-12-4-13-25-44)46-31-33-59-54(38-46)55-39-58-53(40-60(55)68-59)52-28-16-17-29-57(52)67(58)50-26-14-5-15-27-50/h2*1-40H. The molecule has 6 heterocycles. The van der Waals surface area contributed by atoms with Crippen LogP contribution in [-0.4, -0.2) is 39.0 Å². The maximum atomic E-state index is 6.84. The number of fused-ring (bicyclic) bond motifs is 12. The van der Waals surface area contributed by atoms with Crippen LogP contribution in [0.25, 0.3) is 256 Å². The van der Waals surface area contributed by atoms with E-state index in [4.69, 9.17) is 38.7 Å². The molecule has 20 aromatic carbocycles. The molecule has 26 rings (SSSR count). The van der Waals surface area contributed by atoms with Crippen LogP contribution >= 0.6 is 0 Å². The molecule has 0 amide bonds. The van der Waals surface area contributed by atoms with E-state index in [-0.39, 0.29) is 0 Å². The molecule has 26 aromatic rings. The van der Waals surface area contributed by atoms with Crippen molar-refractivity contribution in [1.82, 2.24) is 39.0 Å². The molecule has 0 aliphatic carbocycles. The van der Waals surface area contributed by atoms with E-state index >= 15 is 0 Å². The summed E-state index contributed by atoms with van der Waals surface area (Å²) in [4.78, 5) is 31.5. The van der Waals surface area contributed by atoms with Gasteiger partial charge in [0.05, 0.1) is 22.1 Å². The Hall–Kier alpha value is -18.4. The van der Waals surface area contributed by atoms with E-state index in [1.165, 1.54) is 10.8 Å². The van der Waals surface area contributed by atoms with Crippen molar-refractivity contribution < 1.29 is 8.83 Å². The van der Waals surface area contributed by atoms with Gasteiger partial charge in [-0.15, -0.1) is 0 Å². The third-order valence-electron chi connectivity index (χ3n) is 26.1. The highest BCUT2D eigenvalue weighted by Crippen LogP contribution is 2.49. The first-order valence-electron chi connectivity index (χ1n) is 45.8. The minimum Gasteiger partial charge on any atom is -0.456 e. The van der Waals surface area contributed by atoms with Crippen molar-refractivity contribution in [2.24, 2.45) is 0 Å². The molecule has 0 aliphatic rings. The normalized spacial score (nSPS) is 11.5. The fraction of sp³-hybridized carbons (Fsp3) is 0. The van der Waals surface area contributed by atoms with Crippen molar-refractivity contribution in [1.29, 1.82) is 0 Å². The quantitative estimate of drug-likeness (QED) is 0.0940. The predicted molar refractivity (Wildman–Crippen MR) is 559 cm³/mol. The van der Waals surface area contributed by atoms with Gasteiger partial charge in [-0.2, -0.15) is 0 Å². The number of aromatic nitrogens is 8. The Morgan fingerprint density at radius 2 is 0.449 bits per heavy atom. The molecule has 0 unspecified atom stereocenters. The second kappa shape index (κ2) is 34.2. The molecule has 0 spiro atoms. The summed E-state index contributed by atoms with van der Waals surface area (Å²) in [7, 11) is 0. The second-order valence-electron chi connectivity index (χ2n) is 34.4. The molecule has 0 atom stereocenters. The predicted octanol–water partition coefficient (Wildman–Crippen LogP) is 33.1. The maximum Gasteiger partial charge on any atom is 0.164 e. The van der Waals surface area contributed by atoms with Gasteiger partial charge in [0, 0.05) is 87.8 Å². The van der Waals surface area contributed by atoms with Crippen molar-refractivity contribution in [2.45, 2.75) is 0 Å². The van der Waals surface area contributed by atoms with Crippen LogP contribution in [0.4, 0.5) is 0 Å². The second-order valence-corrected chi connectivity index (χ2v) is 34.4. The smallest absolute Gasteiger partial charge is 0.164 e. The molecule has 0 radical (unpaired) electrons. The lowest BCUT2D eigenvalue weighted by molar-refractivity contribution is 0.669. The van der Waals surface area contributed by atoms with Crippen molar-refractivity contribution >= 4 is 87.5 Å². The Morgan fingerprint density at radius 1 is 0.140 bits per heavy atom. The van der Waals surface area contributed by atoms with Crippen molar-refractivity contribution in [3.8, 4) is 169 Å². The molecule has 10 nitrogen and oxygen atoms in total. The minimum atomic E-state index is 0.577. The van der Waals surface area contributed by atoms with Gasteiger partial charge in [0.2, 0.25) is 0 Å². The first-order valence-corrected chi connectivity index (χ1v) is 45.8. The number of hydrogen-bond donors (Lipinski definition) is 0. The third kappa shape index (κ3) is 14.8. The van der Waals surface area contributed by atoms with Crippen LogP contribution < -0.4 is 0 Å². The topological polar surface area (TPSA) is 113 Å². The van der Waals surface area contributed by atoms with E-state index in [1.807, 2.05) is 72.8 Å². The fourth-order valence-corrected chi connectivity index (χ4v) is 19.6. The highest BCUT2D eigenvalue weighted by Gasteiger charge is 2.27. The van der Waals surface area contributed by atoms with Gasteiger partial charge >= 0.3 is 0 Å². The molecule has 0 aliphatic heterocycles. The van der Waals surface area contributed by atoms with Gasteiger partial charge in [-0.3, -0.25) is 0 Å². The third-order valence-corrected chi connectivity index (χ3v) is 26.1. The Balaban J connectivity index is 0.000000145. The SMILES string of the molecule is c1ccc(-c2cc(-c3ccccc3)cc(-c3ccc(-c4ccc5oc6cc7c8ccccc8n(-c8ccccc8)c7cc6c5c4)c(-c4nc(-c5ccccc5)nc(-c5ccccc5)n4)c3)c2)cc1.c1ccc(-c2cc(-c3ccccc3)cc(-c3ccc(-c4cccc5oc6cc7c8ccccc8n(-c8ccccc8)c7cc6c45)c(-c4nc(-c5ccccc5)nc(-c5ccccc5)n4)c3)c2)cc1. The highest BCUT2D eigenvalue weighted by atomic mass is 16.3. The van der Waals surface area contributed by atoms with Gasteiger partial charge in [-0.05, 0) is 216 Å². The van der Waals surface area contributed by atoms with Gasteiger partial charge in [0.1, 0.15) is 22.3 Å². The molecule has 0 saturated heterocycles. The number of para-hydroxylation sites is 4. The first kappa shape index (κ1) is 79.8. The highest BCUT2D eigenvalue weighted by molar-refractivity contribution is 6.21. The van der Waals surface area contributed by atoms with Crippen LogP contribution in [0, 0.1) is 0 Å². The Kier molecular flexibility index (Phi) is 20.0. The first-order chi connectivity index (χ1) is 67.4. The molecule has 6 aromatic heterocycles. The molecule has 0 saturated carbocycles. The zero-order valence-corrected chi connectivity index (χ0v) is 73.6. The van der Waals surface area contributed by atoms with Crippen molar-refractivity contribution in [3.05, 3.63) is 485 Å². The zero-order chi connectivity index (χ0) is 89.9. The molecule has 0 fully saturated rings. The summed E-state index contributed by atoms with van der Waals surface area (Å²) < 4.78 is 18.2. The van der Waals surface area contributed by atoms with Crippen molar-refractivity contribution in [3.63, 3.8) is 0 Å².